The summed E-state index contributed by atoms with van der Waals surface area (Å²) in [5, 5.41) is 4.39. The van der Waals surface area contributed by atoms with E-state index in [1.54, 1.807) is 13.3 Å². The molecule has 0 amide bonds. The van der Waals surface area contributed by atoms with Gasteiger partial charge in [-0.05, 0) is 12.5 Å². The van der Waals surface area contributed by atoms with Gasteiger partial charge in [0, 0.05) is 32.8 Å². The van der Waals surface area contributed by atoms with Crippen molar-refractivity contribution in [3.8, 4) is 0 Å². The second-order valence-electron chi connectivity index (χ2n) is 7.01. The number of rotatable bonds is 7. The molecule has 0 atom stereocenters. The Kier molecular flexibility index (Phi) is 6.02. The molecule has 1 N–H and O–H groups in total. The fraction of sp³-hybridized carbons (Fsp3) is 0.381. The van der Waals surface area contributed by atoms with E-state index in [1.807, 2.05) is 29.1 Å². The van der Waals surface area contributed by atoms with E-state index in [-0.39, 0.29) is 0 Å². The minimum Gasteiger partial charge on any atom is -0.383 e. The molecular weight excluding hydrogens is 368 g/mol. The Balaban J connectivity index is 1.64. The zero-order valence-electron chi connectivity index (χ0n) is 16.8. The number of methoxy groups -OCH3 is 1. The number of nitrogens with one attached hydrogen (secondary N) is 1. The van der Waals surface area contributed by atoms with Crippen molar-refractivity contribution in [2.45, 2.75) is 13.5 Å². The minimum atomic E-state index is 0.600. The molecule has 29 heavy (non-hydrogen) atoms. The van der Waals surface area contributed by atoms with Crippen LogP contribution in [0.15, 0.2) is 41.8 Å². The molecular formula is C21H26N6O2. The van der Waals surface area contributed by atoms with Crippen molar-refractivity contribution in [1.82, 2.24) is 14.5 Å². The lowest BCUT2D eigenvalue weighted by atomic mass is 10.2. The number of pyridine rings is 1. The Morgan fingerprint density at radius 3 is 2.93 bits per heavy atom. The lowest BCUT2D eigenvalue weighted by Crippen LogP contribution is -2.36. The van der Waals surface area contributed by atoms with Crippen LogP contribution in [0.5, 0.6) is 0 Å². The molecule has 3 aromatic rings. The van der Waals surface area contributed by atoms with Crippen LogP contribution < -0.4 is 10.3 Å². The van der Waals surface area contributed by atoms with Crippen molar-refractivity contribution < 1.29 is 9.47 Å². The van der Waals surface area contributed by atoms with Crippen LogP contribution in [-0.2, 0) is 16.0 Å². The molecule has 0 unspecified atom stereocenters. The van der Waals surface area contributed by atoms with Gasteiger partial charge in [-0.15, -0.1) is 0 Å². The highest BCUT2D eigenvalue weighted by atomic mass is 16.5. The zero-order valence-corrected chi connectivity index (χ0v) is 16.8. The molecule has 1 aromatic carbocycles. The first-order valence-corrected chi connectivity index (χ1v) is 9.78. The number of aryl methyl sites for hydroxylation is 1. The molecule has 1 aliphatic rings. The van der Waals surface area contributed by atoms with Crippen LogP contribution in [0.25, 0.3) is 11.2 Å². The van der Waals surface area contributed by atoms with Crippen LogP contribution in [0.1, 0.15) is 11.1 Å². The van der Waals surface area contributed by atoms with E-state index < -0.39 is 0 Å². The van der Waals surface area contributed by atoms with Gasteiger partial charge < -0.3 is 18.9 Å². The normalized spacial score (nSPS) is 14.8. The maximum Gasteiger partial charge on any atom is 0.164 e. The summed E-state index contributed by atoms with van der Waals surface area (Å²) in [6.07, 6.45) is 3.62. The maximum absolute atomic E-state index is 5.51. The summed E-state index contributed by atoms with van der Waals surface area (Å²) in [5.74, 6) is 0.682. The number of fused-ring (bicyclic) bond motifs is 1. The molecule has 2 aromatic heterocycles. The third-order valence-electron chi connectivity index (χ3n) is 4.88. The topological polar surface area (TPSA) is 76.8 Å². The smallest absolute Gasteiger partial charge is 0.164 e. The van der Waals surface area contributed by atoms with Gasteiger partial charge in [0.2, 0.25) is 0 Å². The molecule has 1 saturated heterocycles. The number of morpholine rings is 1. The van der Waals surface area contributed by atoms with Gasteiger partial charge in [0.1, 0.15) is 5.52 Å². The fourth-order valence-electron chi connectivity index (χ4n) is 3.40. The Hall–Kier alpha value is -2.97. The third kappa shape index (κ3) is 4.55. The van der Waals surface area contributed by atoms with Crippen LogP contribution in [0.3, 0.4) is 0 Å². The molecule has 0 bridgehead atoms. The number of benzene rings is 1. The van der Waals surface area contributed by atoms with Crippen LogP contribution in [0.2, 0.25) is 0 Å². The maximum atomic E-state index is 5.51. The van der Waals surface area contributed by atoms with Crippen molar-refractivity contribution in [3.63, 3.8) is 0 Å². The standard InChI is InChI=1S/C21H26N6O2/c1-16-4-3-5-17(12-16)14-23-25-19-13-18(26-7-10-29-11-8-26)20-21(24-19)27(15-22-20)6-9-28-2/h3-5,12-15H,6-11H2,1-2H3,(H,24,25)/b23-14+. The minimum absolute atomic E-state index is 0.600. The number of nitrogens with zero attached hydrogens (tertiary/aromatic N) is 5. The number of hydrazone groups is 1. The highest BCUT2D eigenvalue weighted by Crippen LogP contribution is 2.28. The average Bonchev–Trinajstić information content (AvgIpc) is 3.15. The van der Waals surface area contributed by atoms with Crippen molar-refractivity contribution in [3.05, 3.63) is 47.8 Å². The quantitative estimate of drug-likeness (QED) is 0.490. The van der Waals surface area contributed by atoms with Gasteiger partial charge in [-0.25, -0.2) is 9.97 Å². The predicted molar refractivity (Wildman–Crippen MR) is 115 cm³/mol. The van der Waals surface area contributed by atoms with Gasteiger partial charge in [-0.1, -0.05) is 29.8 Å². The fourth-order valence-corrected chi connectivity index (χ4v) is 3.40. The van der Waals surface area contributed by atoms with E-state index in [0.717, 1.165) is 35.5 Å². The molecule has 152 valence electrons. The second kappa shape index (κ2) is 9.02. The van der Waals surface area contributed by atoms with Crippen LogP contribution in [0.4, 0.5) is 11.5 Å². The summed E-state index contributed by atoms with van der Waals surface area (Å²) >= 11 is 0. The van der Waals surface area contributed by atoms with Crippen LogP contribution in [-0.4, -0.2) is 60.8 Å². The highest BCUT2D eigenvalue weighted by molar-refractivity contribution is 5.89. The lowest BCUT2D eigenvalue weighted by molar-refractivity contribution is 0.123. The molecule has 1 fully saturated rings. The molecule has 0 aliphatic carbocycles. The van der Waals surface area contributed by atoms with E-state index in [0.29, 0.717) is 32.2 Å². The highest BCUT2D eigenvalue weighted by Gasteiger charge is 2.19. The van der Waals surface area contributed by atoms with Crippen molar-refractivity contribution in [1.29, 1.82) is 0 Å². The van der Waals surface area contributed by atoms with E-state index in [9.17, 15) is 0 Å². The number of imidazole rings is 1. The van der Waals surface area contributed by atoms with Gasteiger partial charge in [0.15, 0.2) is 11.5 Å². The summed E-state index contributed by atoms with van der Waals surface area (Å²) in [6.45, 7) is 6.44. The monoisotopic (exact) mass is 394 g/mol. The third-order valence-corrected chi connectivity index (χ3v) is 4.88. The summed E-state index contributed by atoms with van der Waals surface area (Å²) in [5.41, 5.74) is 8.07. The van der Waals surface area contributed by atoms with E-state index >= 15 is 0 Å². The Morgan fingerprint density at radius 1 is 1.28 bits per heavy atom. The van der Waals surface area contributed by atoms with E-state index in [1.165, 1.54) is 5.56 Å². The SMILES string of the molecule is COCCn1cnc2c(N3CCOCC3)cc(N/N=C/c3cccc(C)c3)nc21. The lowest BCUT2D eigenvalue weighted by Gasteiger charge is -2.29. The number of hydrogen-bond donors (Lipinski definition) is 1. The summed E-state index contributed by atoms with van der Waals surface area (Å²) in [4.78, 5) is 11.7. The summed E-state index contributed by atoms with van der Waals surface area (Å²) in [7, 11) is 1.69. The Morgan fingerprint density at radius 2 is 2.14 bits per heavy atom. The van der Waals surface area contributed by atoms with Crippen LogP contribution >= 0.6 is 0 Å². The number of anilines is 2. The predicted octanol–water partition coefficient (Wildman–Crippen LogP) is 2.67. The largest absolute Gasteiger partial charge is 0.383 e. The molecule has 8 nitrogen and oxygen atoms in total. The van der Waals surface area contributed by atoms with Gasteiger partial charge in [-0.2, -0.15) is 5.10 Å². The summed E-state index contributed by atoms with van der Waals surface area (Å²) in [6, 6.07) is 10.2. The first-order chi connectivity index (χ1) is 14.2. The number of hydrogen-bond acceptors (Lipinski definition) is 7. The van der Waals surface area contributed by atoms with Gasteiger partial charge in [-0.3, -0.25) is 5.43 Å². The number of aromatic nitrogens is 3. The Bertz CT molecular complexity index is 994. The van der Waals surface area contributed by atoms with Crippen molar-refractivity contribution in [2.24, 2.45) is 5.10 Å². The van der Waals surface area contributed by atoms with Gasteiger partial charge >= 0.3 is 0 Å². The second-order valence-corrected chi connectivity index (χ2v) is 7.01. The molecule has 8 heteroatoms. The molecule has 3 heterocycles. The van der Waals surface area contributed by atoms with Gasteiger partial charge in [0.05, 0.1) is 38.0 Å². The molecule has 0 saturated carbocycles. The average molecular weight is 394 g/mol. The zero-order chi connectivity index (χ0) is 20.1. The number of ether oxygens (including phenoxy) is 2. The Labute approximate surface area is 170 Å². The molecule has 0 spiro atoms. The summed E-state index contributed by atoms with van der Waals surface area (Å²) < 4.78 is 12.7. The van der Waals surface area contributed by atoms with Crippen LogP contribution in [0, 0.1) is 6.92 Å². The first-order valence-electron chi connectivity index (χ1n) is 9.78. The van der Waals surface area contributed by atoms with Crippen molar-refractivity contribution >= 4 is 28.9 Å². The van der Waals surface area contributed by atoms with E-state index in [2.05, 4.69) is 39.5 Å². The first kappa shape index (κ1) is 19.4. The molecule has 1 aliphatic heterocycles. The van der Waals surface area contributed by atoms with Crippen molar-refractivity contribution in [2.75, 3.05) is 50.3 Å². The van der Waals surface area contributed by atoms with Gasteiger partial charge in [0.25, 0.3) is 0 Å². The molecule has 4 rings (SSSR count). The molecule has 0 radical (unpaired) electrons. The van der Waals surface area contributed by atoms with E-state index in [4.69, 9.17) is 14.5 Å².